The monoisotopic (exact) mass is 382 g/mol. The van der Waals surface area contributed by atoms with Gasteiger partial charge < -0.3 is 24.3 Å². The van der Waals surface area contributed by atoms with Gasteiger partial charge in [-0.05, 0) is 25.0 Å². The van der Waals surface area contributed by atoms with E-state index in [1.54, 1.807) is 14.2 Å². The van der Waals surface area contributed by atoms with Crippen molar-refractivity contribution in [2.75, 3.05) is 37.5 Å². The molecule has 0 aliphatic rings. The average Bonchev–Trinajstić information content (AvgIpc) is 3.03. The van der Waals surface area contributed by atoms with Crippen molar-refractivity contribution in [1.82, 2.24) is 9.55 Å². The van der Waals surface area contributed by atoms with Gasteiger partial charge >= 0.3 is 0 Å². The number of rotatable bonds is 9. The second-order valence-corrected chi connectivity index (χ2v) is 6.85. The minimum absolute atomic E-state index is 0.735. The average molecular weight is 383 g/mol. The third kappa shape index (κ3) is 4.01. The van der Waals surface area contributed by atoms with Crippen LogP contribution in [0.15, 0.2) is 36.4 Å². The van der Waals surface area contributed by atoms with Crippen molar-refractivity contribution in [3.05, 3.63) is 36.4 Å². The van der Waals surface area contributed by atoms with Crippen LogP contribution < -0.4 is 19.7 Å². The third-order valence-electron chi connectivity index (χ3n) is 4.81. The highest BCUT2D eigenvalue weighted by Crippen LogP contribution is 2.32. The molecule has 6 heteroatoms. The molecule has 0 amide bonds. The Hall–Kier alpha value is -2.89. The highest BCUT2D eigenvalue weighted by Gasteiger charge is 2.16. The lowest BCUT2D eigenvalue weighted by molar-refractivity contribution is 0.395. The molecule has 3 aromatic rings. The van der Waals surface area contributed by atoms with E-state index in [4.69, 9.17) is 14.5 Å². The van der Waals surface area contributed by atoms with E-state index in [2.05, 4.69) is 53.9 Å². The molecule has 0 atom stereocenters. The Balaban J connectivity index is 2.02. The summed E-state index contributed by atoms with van der Waals surface area (Å²) in [6, 6.07) is 12.1. The molecule has 1 aromatic heterocycles. The number of anilines is 3. The molecule has 2 aromatic carbocycles. The van der Waals surface area contributed by atoms with Gasteiger partial charge in [-0.1, -0.05) is 19.9 Å². The second-order valence-electron chi connectivity index (χ2n) is 6.85. The van der Waals surface area contributed by atoms with E-state index >= 15 is 0 Å². The molecule has 1 N–H and O–H groups in total. The van der Waals surface area contributed by atoms with Crippen LogP contribution in [0.2, 0.25) is 0 Å². The molecule has 0 unspecified atom stereocenters. The number of para-hydroxylation sites is 1. The summed E-state index contributed by atoms with van der Waals surface area (Å²) in [5.74, 6) is 2.25. The van der Waals surface area contributed by atoms with Crippen molar-refractivity contribution in [1.29, 1.82) is 0 Å². The number of hydrogen-bond acceptors (Lipinski definition) is 5. The molecular weight excluding hydrogens is 352 g/mol. The van der Waals surface area contributed by atoms with Crippen molar-refractivity contribution < 1.29 is 9.47 Å². The minimum Gasteiger partial charge on any atom is -0.497 e. The molecule has 1 heterocycles. The van der Waals surface area contributed by atoms with E-state index in [0.717, 1.165) is 60.1 Å². The van der Waals surface area contributed by atoms with Gasteiger partial charge in [-0.2, -0.15) is 0 Å². The van der Waals surface area contributed by atoms with Gasteiger partial charge in [-0.15, -0.1) is 0 Å². The van der Waals surface area contributed by atoms with Crippen LogP contribution in [0.25, 0.3) is 11.0 Å². The molecule has 0 saturated carbocycles. The van der Waals surface area contributed by atoms with Crippen LogP contribution in [0, 0.1) is 0 Å². The van der Waals surface area contributed by atoms with Crippen molar-refractivity contribution in [2.45, 2.75) is 26.7 Å². The fourth-order valence-electron chi connectivity index (χ4n) is 3.52. The highest BCUT2D eigenvalue weighted by atomic mass is 16.5. The number of nitrogens with one attached hydrogen (secondary N) is 1. The van der Waals surface area contributed by atoms with Gasteiger partial charge in [0.2, 0.25) is 5.95 Å². The standard InChI is InChI=1S/C22H30N4O2/c1-6-11-26(12-7-2)20-10-8-9-19-21(20)25(3)22(24-19)23-16-13-17(27-4)15-18(14-16)28-5/h8-10,13-15H,6-7,11-12H2,1-5H3,(H,23,24). The van der Waals surface area contributed by atoms with Gasteiger partial charge in [0.25, 0.3) is 0 Å². The molecule has 3 rings (SSSR count). The molecule has 6 nitrogen and oxygen atoms in total. The van der Waals surface area contributed by atoms with E-state index in [1.165, 1.54) is 5.69 Å². The van der Waals surface area contributed by atoms with Gasteiger partial charge in [-0.25, -0.2) is 4.98 Å². The maximum absolute atomic E-state index is 5.37. The first-order valence-electron chi connectivity index (χ1n) is 9.81. The third-order valence-corrected chi connectivity index (χ3v) is 4.81. The summed E-state index contributed by atoms with van der Waals surface area (Å²) in [4.78, 5) is 7.27. The maximum atomic E-state index is 5.37. The van der Waals surface area contributed by atoms with Crippen molar-refractivity contribution in [2.24, 2.45) is 7.05 Å². The van der Waals surface area contributed by atoms with Crippen LogP contribution in [0.4, 0.5) is 17.3 Å². The Morgan fingerprint density at radius 2 is 1.64 bits per heavy atom. The van der Waals surface area contributed by atoms with Crippen LogP contribution in [-0.2, 0) is 7.05 Å². The maximum Gasteiger partial charge on any atom is 0.208 e. The molecule has 0 aliphatic heterocycles. The lowest BCUT2D eigenvalue weighted by Crippen LogP contribution is -2.25. The summed E-state index contributed by atoms with van der Waals surface area (Å²) in [6.07, 6.45) is 2.23. The van der Waals surface area contributed by atoms with Crippen LogP contribution in [-0.4, -0.2) is 36.9 Å². The summed E-state index contributed by atoms with van der Waals surface area (Å²) in [5, 5.41) is 3.41. The summed E-state index contributed by atoms with van der Waals surface area (Å²) in [5.41, 5.74) is 4.22. The fraction of sp³-hybridized carbons (Fsp3) is 0.409. The zero-order valence-corrected chi connectivity index (χ0v) is 17.5. The number of benzene rings is 2. The molecule has 0 aliphatic carbocycles. The minimum atomic E-state index is 0.735. The highest BCUT2D eigenvalue weighted by molar-refractivity contribution is 5.91. The molecule has 0 saturated heterocycles. The van der Waals surface area contributed by atoms with E-state index in [-0.39, 0.29) is 0 Å². The molecule has 150 valence electrons. The first kappa shape index (κ1) is 19.9. The van der Waals surface area contributed by atoms with Crippen LogP contribution in [0.1, 0.15) is 26.7 Å². The largest absolute Gasteiger partial charge is 0.497 e. The predicted molar refractivity (Wildman–Crippen MR) is 116 cm³/mol. The lowest BCUT2D eigenvalue weighted by atomic mass is 10.2. The number of imidazole rings is 1. The molecule has 0 bridgehead atoms. The molecular formula is C22H30N4O2. The topological polar surface area (TPSA) is 51.6 Å². The number of ether oxygens (including phenoxy) is 2. The normalized spacial score (nSPS) is 10.9. The Morgan fingerprint density at radius 3 is 2.21 bits per heavy atom. The molecule has 0 spiro atoms. The molecule has 28 heavy (non-hydrogen) atoms. The quantitative estimate of drug-likeness (QED) is 0.567. The van der Waals surface area contributed by atoms with Crippen LogP contribution in [0.3, 0.4) is 0 Å². The first-order chi connectivity index (χ1) is 13.6. The summed E-state index contributed by atoms with van der Waals surface area (Å²) in [6.45, 7) is 6.51. The van der Waals surface area contributed by atoms with Crippen molar-refractivity contribution in [3.8, 4) is 11.5 Å². The van der Waals surface area contributed by atoms with Crippen molar-refractivity contribution in [3.63, 3.8) is 0 Å². The summed E-state index contributed by atoms with van der Waals surface area (Å²) in [7, 11) is 5.35. The number of fused-ring (bicyclic) bond motifs is 1. The lowest BCUT2D eigenvalue weighted by Gasteiger charge is -2.25. The Labute approximate surface area is 167 Å². The predicted octanol–water partition coefficient (Wildman–Crippen LogP) is 4.96. The summed E-state index contributed by atoms with van der Waals surface area (Å²) < 4.78 is 12.9. The number of nitrogens with zero attached hydrogens (tertiary/aromatic N) is 3. The van der Waals surface area contributed by atoms with Crippen molar-refractivity contribution >= 4 is 28.4 Å². The molecule has 0 fully saturated rings. The van der Waals surface area contributed by atoms with Gasteiger partial charge in [0.15, 0.2) is 0 Å². The fourth-order valence-corrected chi connectivity index (χ4v) is 3.52. The van der Waals surface area contributed by atoms with Gasteiger partial charge in [-0.3, -0.25) is 0 Å². The van der Waals surface area contributed by atoms with E-state index in [1.807, 2.05) is 18.2 Å². The number of methoxy groups -OCH3 is 2. The number of hydrogen-bond donors (Lipinski definition) is 1. The number of aryl methyl sites for hydroxylation is 1. The first-order valence-corrected chi connectivity index (χ1v) is 9.81. The number of aromatic nitrogens is 2. The van der Waals surface area contributed by atoms with Crippen LogP contribution >= 0.6 is 0 Å². The van der Waals surface area contributed by atoms with Gasteiger partial charge in [0.1, 0.15) is 11.5 Å². The van der Waals surface area contributed by atoms with E-state index < -0.39 is 0 Å². The van der Waals surface area contributed by atoms with E-state index in [9.17, 15) is 0 Å². The Morgan fingerprint density at radius 1 is 1.00 bits per heavy atom. The SMILES string of the molecule is CCCN(CCC)c1cccc2nc(Nc3cc(OC)cc(OC)c3)n(C)c12. The molecule has 0 radical (unpaired) electrons. The Kier molecular flexibility index (Phi) is 6.29. The summed E-state index contributed by atoms with van der Waals surface area (Å²) >= 11 is 0. The second kappa shape index (κ2) is 8.87. The smallest absolute Gasteiger partial charge is 0.208 e. The zero-order valence-electron chi connectivity index (χ0n) is 17.5. The van der Waals surface area contributed by atoms with Crippen LogP contribution in [0.5, 0.6) is 11.5 Å². The zero-order chi connectivity index (χ0) is 20.1. The van der Waals surface area contributed by atoms with Gasteiger partial charge in [0.05, 0.1) is 30.9 Å². The Bertz CT molecular complexity index is 907. The van der Waals surface area contributed by atoms with E-state index in [0.29, 0.717) is 0 Å². The van der Waals surface area contributed by atoms with Gasteiger partial charge in [0, 0.05) is 44.0 Å².